The predicted molar refractivity (Wildman–Crippen MR) is 57.1 cm³/mol. The zero-order valence-electron chi connectivity index (χ0n) is 8.71. The molecule has 0 aromatic carbocycles. The van der Waals surface area contributed by atoms with Gasteiger partial charge in [0.2, 0.25) is 5.91 Å². The molecule has 0 saturated carbocycles. The Bertz CT molecular complexity index is 379. The number of carbonyl (C=O) groups is 2. The van der Waals surface area contributed by atoms with Crippen LogP contribution in [0.4, 0.5) is 0 Å². The van der Waals surface area contributed by atoms with Crippen molar-refractivity contribution in [1.29, 1.82) is 0 Å². The summed E-state index contributed by atoms with van der Waals surface area (Å²) in [5.74, 6) is -1.06. The highest BCUT2D eigenvalue weighted by Crippen LogP contribution is 2.14. The molecule has 0 bridgehead atoms. The van der Waals surface area contributed by atoms with E-state index in [1.54, 1.807) is 11.6 Å². The summed E-state index contributed by atoms with van der Waals surface area (Å²) in [6, 6.07) is 0. The van der Waals surface area contributed by atoms with E-state index >= 15 is 0 Å². The van der Waals surface area contributed by atoms with Crippen molar-refractivity contribution in [2.24, 2.45) is 0 Å². The molecule has 0 aliphatic heterocycles. The second-order valence-electron chi connectivity index (χ2n) is 2.91. The fourth-order valence-electron chi connectivity index (χ4n) is 0.983. The van der Waals surface area contributed by atoms with Crippen LogP contribution in [0.5, 0.6) is 0 Å². The van der Waals surface area contributed by atoms with Crippen molar-refractivity contribution in [2.75, 3.05) is 12.8 Å². The molecule has 0 radical (unpaired) electrons. The lowest BCUT2D eigenvalue weighted by atomic mass is 10.4. The lowest BCUT2D eigenvalue weighted by Crippen LogP contribution is -2.19. The van der Waals surface area contributed by atoms with Gasteiger partial charge in [-0.15, -0.1) is 10.2 Å². The molecule has 7 nitrogen and oxygen atoms in total. The van der Waals surface area contributed by atoms with Crippen LogP contribution >= 0.6 is 11.8 Å². The lowest BCUT2D eigenvalue weighted by molar-refractivity contribution is -0.134. The second-order valence-corrected chi connectivity index (χ2v) is 3.85. The van der Waals surface area contributed by atoms with E-state index in [-0.39, 0.29) is 11.7 Å². The highest BCUT2D eigenvalue weighted by atomic mass is 32.2. The summed E-state index contributed by atoms with van der Waals surface area (Å²) in [5, 5.41) is 19.0. The standard InChI is InChI=1S/C8H12N4O3S/c1-9-6(13)2-3-12-5-10-11-8(12)16-4-7(14)15/h5H,2-4H2,1H3,(H,9,13)(H,14,15). The van der Waals surface area contributed by atoms with E-state index in [0.29, 0.717) is 18.1 Å². The molecule has 16 heavy (non-hydrogen) atoms. The molecule has 0 unspecified atom stereocenters. The first-order valence-corrected chi connectivity index (χ1v) is 5.55. The first-order chi connectivity index (χ1) is 7.63. The van der Waals surface area contributed by atoms with Crippen molar-refractivity contribution >= 4 is 23.6 Å². The molecule has 1 rings (SSSR count). The highest BCUT2D eigenvalue weighted by Gasteiger charge is 2.08. The number of aryl methyl sites for hydroxylation is 1. The summed E-state index contributed by atoms with van der Waals surface area (Å²) in [6.07, 6.45) is 1.79. The summed E-state index contributed by atoms with van der Waals surface area (Å²) < 4.78 is 1.66. The quantitative estimate of drug-likeness (QED) is 0.660. The van der Waals surface area contributed by atoms with Gasteiger partial charge in [-0.05, 0) is 0 Å². The van der Waals surface area contributed by atoms with Crippen molar-refractivity contribution in [3.63, 3.8) is 0 Å². The van der Waals surface area contributed by atoms with Crippen LogP contribution < -0.4 is 5.32 Å². The van der Waals surface area contributed by atoms with Crippen molar-refractivity contribution < 1.29 is 14.7 Å². The molecule has 2 N–H and O–H groups in total. The monoisotopic (exact) mass is 244 g/mol. The lowest BCUT2D eigenvalue weighted by Gasteiger charge is -2.04. The smallest absolute Gasteiger partial charge is 0.313 e. The Labute approximate surface area is 96.2 Å². The fraction of sp³-hybridized carbons (Fsp3) is 0.500. The Morgan fingerprint density at radius 3 is 3.00 bits per heavy atom. The van der Waals surface area contributed by atoms with Crippen molar-refractivity contribution in [2.45, 2.75) is 18.1 Å². The van der Waals surface area contributed by atoms with Gasteiger partial charge < -0.3 is 15.0 Å². The minimum absolute atomic E-state index is 0.0708. The Hall–Kier alpha value is -1.57. The zero-order valence-corrected chi connectivity index (χ0v) is 9.53. The number of aliphatic carboxylic acids is 1. The van der Waals surface area contributed by atoms with E-state index in [4.69, 9.17) is 5.11 Å². The van der Waals surface area contributed by atoms with Gasteiger partial charge in [-0.25, -0.2) is 0 Å². The number of nitrogens with zero attached hydrogens (tertiary/aromatic N) is 3. The van der Waals surface area contributed by atoms with E-state index in [9.17, 15) is 9.59 Å². The number of carboxylic acids is 1. The number of aromatic nitrogens is 3. The van der Waals surface area contributed by atoms with Crippen LogP contribution in [0.2, 0.25) is 0 Å². The van der Waals surface area contributed by atoms with Crippen molar-refractivity contribution in [3.8, 4) is 0 Å². The number of amides is 1. The molecule has 0 aliphatic carbocycles. The van der Waals surface area contributed by atoms with Crippen LogP contribution in [-0.4, -0.2) is 44.5 Å². The zero-order chi connectivity index (χ0) is 12.0. The predicted octanol–water partition coefficient (Wildman–Crippen LogP) is -0.409. The van der Waals surface area contributed by atoms with Gasteiger partial charge in [0, 0.05) is 20.0 Å². The molecule has 0 atom stereocenters. The summed E-state index contributed by atoms with van der Waals surface area (Å²) in [7, 11) is 1.56. The molecule has 1 aromatic heterocycles. The number of thioether (sulfide) groups is 1. The van der Waals surface area contributed by atoms with E-state index in [2.05, 4.69) is 15.5 Å². The third kappa shape index (κ3) is 3.89. The molecule has 1 aromatic rings. The molecule has 8 heteroatoms. The van der Waals surface area contributed by atoms with Gasteiger partial charge in [-0.2, -0.15) is 0 Å². The number of nitrogens with one attached hydrogen (secondary N) is 1. The molecule has 0 saturated heterocycles. The van der Waals surface area contributed by atoms with Gasteiger partial charge in [0.25, 0.3) is 0 Å². The van der Waals surface area contributed by atoms with Gasteiger partial charge in [-0.3, -0.25) is 9.59 Å². The molecular weight excluding hydrogens is 232 g/mol. The maximum atomic E-state index is 11.0. The Kier molecular flexibility index (Phi) is 4.77. The molecule has 0 aliphatic rings. The van der Waals surface area contributed by atoms with Crippen LogP contribution in [0.15, 0.2) is 11.5 Å². The Morgan fingerprint density at radius 1 is 1.62 bits per heavy atom. The van der Waals surface area contributed by atoms with Crippen molar-refractivity contribution in [3.05, 3.63) is 6.33 Å². The van der Waals surface area contributed by atoms with E-state index in [1.165, 1.54) is 6.33 Å². The second kappa shape index (κ2) is 6.11. The molecule has 88 valence electrons. The average Bonchev–Trinajstić information content (AvgIpc) is 2.70. The average molecular weight is 244 g/mol. The highest BCUT2D eigenvalue weighted by molar-refractivity contribution is 7.99. The van der Waals surface area contributed by atoms with Crippen LogP contribution in [0.3, 0.4) is 0 Å². The summed E-state index contributed by atoms with van der Waals surface area (Å²) >= 11 is 1.08. The largest absolute Gasteiger partial charge is 0.481 e. The van der Waals surface area contributed by atoms with E-state index in [1.807, 2.05) is 0 Å². The molecule has 1 amide bonds. The van der Waals surface area contributed by atoms with Gasteiger partial charge in [0.1, 0.15) is 6.33 Å². The number of carbonyl (C=O) groups excluding carboxylic acids is 1. The summed E-state index contributed by atoms with van der Waals surface area (Å²) in [5.41, 5.74) is 0. The normalized spacial score (nSPS) is 10.1. The third-order valence-electron chi connectivity index (χ3n) is 1.76. The first-order valence-electron chi connectivity index (χ1n) is 4.56. The maximum Gasteiger partial charge on any atom is 0.313 e. The summed E-state index contributed by atoms with van der Waals surface area (Å²) in [4.78, 5) is 21.4. The third-order valence-corrected chi connectivity index (χ3v) is 2.73. The Morgan fingerprint density at radius 2 is 2.38 bits per heavy atom. The van der Waals surface area contributed by atoms with Gasteiger partial charge >= 0.3 is 5.97 Å². The SMILES string of the molecule is CNC(=O)CCn1cnnc1SCC(=O)O. The molecule has 0 spiro atoms. The fourth-order valence-corrected chi connectivity index (χ4v) is 1.64. The number of carboxylic acid groups (broad SMARTS) is 1. The van der Waals surface area contributed by atoms with Crippen LogP contribution in [0, 0.1) is 0 Å². The molecule has 0 fully saturated rings. The number of hydrogen-bond acceptors (Lipinski definition) is 5. The topological polar surface area (TPSA) is 97.1 Å². The van der Waals surface area contributed by atoms with Crippen molar-refractivity contribution in [1.82, 2.24) is 20.1 Å². The van der Waals surface area contributed by atoms with Crippen LogP contribution in [0.1, 0.15) is 6.42 Å². The molecule has 1 heterocycles. The van der Waals surface area contributed by atoms with Gasteiger partial charge in [0.05, 0.1) is 5.75 Å². The summed E-state index contributed by atoms with van der Waals surface area (Å²) in [6.45, 7) is 0.439. The minimum atomic E-state index is -0.911. The number of rotatable bonds is 6. The minimum Gasteiger partial charge on any atom is -0.481 e. The van der Waals surface area contributed by atoms with Crippen LogP contribution in [0.25, 0.3) is 0 Å². The first kappa shape index (κ1) is 12.5. The Balaban J connectivity index is 2.50. The van der Waals surface area contributed by atoms with E-state index in [0.717, 1.165) is 11.8 Å². The van der Waals surface area contributed by atoms with Crippen LogP contribution in [-0.2, 0) is 16.1 Å². The van der Waals surface area contributed by atoms with E-state index < -0.39 is 5.97 Å². The molecular formula is C8H12N4O3S. The van der Waals surface area contributed by atoms with Gasteiger partial charge in [-0.1, -0.05) is 11.8 Å². The number of hydrogen-bond donors (Lipinski definition) is 2. The maximum absolute atomic E-state index is 11.0. The van der Waals surface area contributed by atoms with Gasteiger partial charge in [0.15, 0.2) is 5.16 Å².